The molecule has 3 aromatic rings. The molecule has 6 heteroatoms. The summed E-state index contributed by atoms with van der Waals surface area (Å²) in [5.41, 5.74) is 3.23. The minimum absolute atomic E-state index is 0.0368. The van der Waals surface area contributed by atoms with Gasteiger partial charge in [-0.2, -0.15) is 0 Å². The molecule has 1 N–H and O–H groups in total. The van der Waals surface area contributed by atoms with Crippen molar-refractivity contribution < 1.29 is 9.59 Å². The van der Waals surface area contributed by atoms with Gasteiger partial charge in [-0.1, -0.05) is 95.4 Å². The lowest BCUT2D eigenvalue weighted by molar-refractivity contribution is -0.139. The van der Waals surface area contributed by atoms with Gasteiger partial charge in [0.15, 0.2) is 0 Å². The lowest BCUT2D eigenvalue weighted by atomic mass is 9.94. The van der Waals surface area contributed by atoms with Crippen molar-refractivity contribution in [2.45, 2.75) is 69.0 Å². The van der Waals surface area contributed by atoms with Crippen LogP contribution >= 0.6 is 27.7 Å². The largest absolute Gasteiger partial charge is 0.352 e. The lowest BCUT2D eigenvalue weighted by Gasteiger charge is -2.33. The van der Waals surface area contributed by atoms with Gasteiger partial charge in [0.25, 0.3) is 0 Å². The highest BCUT2D eigenvalue weighted by molar-refractivity contribution is 9.10. The number of nitrogens with one attached hydrogen (secondary N) is 1. The van der Waals surface area contributed by atoms with Crippen molar-refractivity contribution in [2.24, 2.45) is 0 Å². The standard InChI is InChI=1S/C31H35BrN2O2S/c1-23-15-17-28(18-16-23)37-22-30(35)34(21-25-11-8-12-26(32)19-25)29(20-24-9-4-2-5-10-24)31(36)33-27-13-6-3-7-14-27/h2,4-5,8-12,15-19,27,29H,3,6-7,13-14,20-22H2,1H3,(H,33,36)/t29-/m0/s1. The van der Waals surface area contributed by atoms with Crippen molar-refractivity contribution in [2.75, 3.05) is 5.75 Å². The van der Waals surface area contributed by atoms with E-state index in [1.54, 1.807) is 4.90 Å². The molecule has 1 aliphatic carbocycles. The number of thioether (sulfide) groups is 1. The van der Waals surface area contributed by atoms with E-state index in [0.29, 0.717) is 13.0 Å². The van der Waals surface area contributed by atoms with Crippen molar-refractivity contribution in [3.05, 3.63) is 100 Å². The van der Waals surface area contributed by atoms with E-state index in [1.807, 2.05) is 66.7 Å². The SMILES string of the molecule is Cc1ccc(SCC(=O)N(Cc2cccc(Br)c2)[C@@H](Cc2ccccc2)C(=O)NC2CCCCC2)cc1. The van der Waals surface area contributed by atoms with Gasteiger partial charge in [0.05, 0.1) is 5.75 Å². The van der Waals surface area contributed by atoms with Crippen LogP contribution in [0, 0.1) is 6.92 Å². The number of aryl methyl sites for hydroxylation is 1. The third-order valence-electron chi connectivity index (χ3n) is 6.85. The first-order valence-corrected chi connectivity index (χ1v) is 14.8. The topological polar surface area (TPSA) is 49.4 Å². The van der Waals surface area contributed by atoms with Gasteiger partial charge in [-0.05, 0) is 55.2 Å². The Morgan fingerprint density at radius 2 is 1.65 bits per heavy atom. The first kappa shape index (κ1) is 27.5. The Hall–Kier alpha value is -2.57. The van der Waals surface area contributed by atoms with E-state index in [-0.39, 0.29) is 23.6 Å². The fraction of sp³-hybridized carbons (Fsp3) is 0.355. The van der Waals surface area contributed by atoms with E-state index in [4.69, 9.17) is 0 Å². The number of nitrogens with zero attached hydrogens (tertiary/aromatic N) is 1. The number of benzene rings is 3. The summed E-state index contributed by atoms with van der Waals surface area (Å²) < 4.78 is 0.956. The molecule has 1 saturated carbocycles. The van der Waals surface area contributed by atoms with Crippen LogP contribution in [0.1, 0.15) is 48.8 Å². The van der Waals surface area contributed by atoms with Gasteiger partial charge < -0.3 is 10.2 Å². The molecule has 1 fully saturated rings. The maximum absolute atomic E-state index is 13.8. The van der Waals surface area contributed by atoms with E-state index in [2.05, 4.69) is 40.3 Å². The van der Waals surface area contributed by atoms with E-state index < -0.39 is 6.04 Å². The Labute approximate surface area is 233 Å². The zero-order chi connectivity index (χ0) is 26.0. The van der Waals surface area contributed by atoms with Crippen LogP contribution in [0.2, 0.25) is 0 Å². The number of amides is 2. The Bertz CT molecular complexity index is 1160. The number of carbonyl (C=O) groups is 2. The van der Waals surface area contributed by atoms with E-state index >= 15 is 0 Å². The van der Waals surface area contributed by atoms with Crippen LogP contribution in [-0.4, -0.2) is 34.6 Å². The zero-order valence-corrected chi connectivity index (χ0v) is 23.8. The Balaban J connectivity index is 1.60. The number of halogens is 1. The summed E-state index contributed by atoms with van der Waals surface area (Å²) in [5, 5.41) is 3.30. The molecule has 194 valence electrons. The third-order valence-corrected chi connectivity index (χ3v) is 8.34. The summed E-state index contributed by atoms with van der Waals surface area (Å²) >= 11 is 5.07. The molecule has 1 aliphatic rings. The second kappa shape index (κ2) is 13.8. The number of hydrogen-bond donors (Lipinski definition) is 1. The van der Waals surface area contributed by atoms with Crippen LogP contribution in [0.5, 0.6) is 0 Å². The van der Waals surface area contributed by atoms with Gasteiger partial charge in [-0.3, -0.25) is 9.59 Å². The highest BCUT2D eigenvalue weighted by atomic mass is 79.9. The maximum Gasteiger partial charge on any atom is 0.243 e. The summed E-state index contributed by atoms with van der Waals surface area (Å²) in [4.78, 5) is 30.5. The predicted octanol–water partition coefficient (Wildman–Crippen LogP) is 6.94. The quantitative estimate of drug-likeness (QED) is 0.265. The molecule has 4 nitrogen and oxygen atoms in total. The highest BCUT2D eigenvalue weighted by Crippen LogP contribution is 2.23. The molecule has 1 atom stereocenters. The molecule has 4 rings (SSSR count). The molecule has 0 unspecified atom stereocenters. The molecular formula is C31H35BrN2O2S. The minimum atomic E-state index is -0.588. The van der Waals surface area contributed by atoms with Gasteiger partial charge in [-0.15, -0.1) is 11.8 Å². The summed E-state index contributed by atoms with van der Waals surface area (Å²) in [6.07, 6.45) is 6.00. The Morgan fingerprint density at radius 3 is 2.35 bits per heavy atom. The summed E-state index contributed by atoms with van der Waals surface area (Å²) in [6.45, 7) is 2.43. The molecular weight excluding hydrogens is 544 g/mol. The molecule has 3 aromatic carbocycles. The molecule has 0 heterocycles. The minimum Gasteiger partial charge on any atom is -0.352 e. The van der Waals surface area contributed by atoms with Crippen molar-refractivity contribution in [1.82, 2.24) is 10.2 Å². The third kappa shape index (κ3) is 8.47. The predicted molar refractivity (Wildman–Crippen MR) is 156 cm³/mol. The second-order valence-electron chi connectivity index (χ2n) is 9.80. The average molecular weight is 580 g/mol. The van der Waals surface area contributed by atoms with Crippen molar-refractivity contribution in [1.29, 1.82) is 0 Å². The van der Waals surface area contributed by atoms with Crippen molar-refractivity contribution in [3.63, 3.8) is 0 Å². The Morgan fingerprint density at radius 1 is 0.946 bits per heavy atom. The van der Waals surface area contributed by atoms with Crippen molar-refractivity contribution >= 4 is 39.5 Å². The zero-order valence-electron chi connectivity index (χ0n) is 21.4. The van der Waals surface area contributed by atoms with Gasteiger partial charge in [0.1, 0.15) is 6.04 Å². The summed E-state index contributed by atoms with van der Waals surface area (Å²) in [5.74, 6) is 0.184. The fourth-order valence-corrected chi connectivity index (χ4v) is 6.02. The van der Waals surface area contributed by atoms with Crippen molar-refractivity contribution in [3.8, 4) is 0 Å². The van der Waals surface area contributed by atoms with Crippen LogP contribution in [0.25, 0.3) is 0 Å². The van der Waals surface area contributed by atoms with Gasteiger partial charge in [0.2, 0.25) is 11.8 Å². The molecule has 0 radical (unpaired) electrons. The van der Waals surface area contributed by atoms with Crippen LogP contribution in [0.3, 0.4) is 0 Å². The smallest absolute Gasteiger partial charge is 0.243 e. The average Bonchev–Trinajstić information content (AvgIpc) is 2.91. The number of hydrogen-bond acceptors (Lipinski definition) is 3. The van der Waals surface area contributed by atoms with Crippen LogP contribution < -0.4 is 5.32 Å². The second-order valence-corrected chi connectivity index (χ2v) is 11.8. The molecule has 0 spiro atoms. The van der Waals surface area contributed by atoms with Crippen LogP contribution in [0.15, 0.2) is 88.2 Å². The highest BCUT2D eigenvalue weighted by Gasteiger charge is 2.32. The van der Waals surface area contributed by atoms with Crippen LogP contribution in [0.4, 0.5) is 0 Å². The van der Waals surface area contributed by atoms with Gasteiger partial charge in [0, 0.05) is 28.4 Å². The normalized spacial score (nSPS) is 14.6. The van der Waals surface area contributed by atoms with E-state index in [1.165, 1.54) is 23.7 Å². The van der Waals surface area contributed by atoms with Gasteiger partial charge in [-0.25, -0.2) is 0 Å². The monoisotopic (exact) mass is 578 g/mol. The van der Waals surface area contributed by atoms with Gasteiger partial charge >= 0.3 is 0 Å². The van der Waals surface area contributed by atoms with Crippen LogP contribution in [-0.2, 0) is 22.6 Å². The van der Waals surface area contributed by atoms with E-state index in [0.717, 1.165) is 46.2 Å². The maximum atomic E-state index is 13.8. The molecule has 0 aromatic heterocycles. The van der Waals surface area contributed by atoms with E-state index in [9.17, 15) is 9.59 Å². The fourth-order valence-electron chi connectivity index (χ4n) is 4.79. The molecule has 0 bridgehead atoms. The summed E-state index contributed by atoms with van der Waals surface area (Å²) in [6, 6.07) is 25.8. The summed E-state index contributed by atoms with van der Waals surface area (Å²) in [7, 11) is 0. The molecule has 37 heavy (non-hydrogen) atoms. The molecule has 2 amide bonds. The first-order valence-electron chi connectivity index (χ1n) is 13.1. The first-order chi connectivity index (χ1) is 18.0. The lowest BCUT2D eigenvalue weighted by Crippen LogP contribution is -2.53. The Kier molecular flexibility index (Phi) is 10.3. The number of carbonyl (C=O) groups excluding carboxylic acids is 2. The molecule has 0 aliphatic heterocycles. The number of rotatable bonds is 10. The molecule has 0 saturated heterocycles.